The minimum atomic E-state index is 0.0480. The summed E-state index contributed by atoms with van der Waals surface area (Å²) in [5.74, 6) is 1.24. The quantitative estimate of drug-likeness (QED) is 0.456. The van der Waals surface area contributed by atoms with Gasteiger partial charge in [-0.25, -0.2) is 0 Å². The van der Waals surface area contributed by atoms with Gasteiger partial charge in [-0.2, -0.15) is 0 Å². The Morgan fingerprint density at radius 2 is 1.88 bits per heavy atom. The van der Waals surface area contributed by atoms with Gasteiger partial charge in [0.1, 0.15) is 0 Å². The van der Waals surface area contributed by atoms with E-state index in [2.05, 4.69) is 14.1 Å². The summed E-state index contributed by atoms with van der Waals surface area (Å²) in [7, 11) is 2.66. The maximum absolute atomic E-state index is 9.03. The number of aliphatic hydroxyl groups excluding tert-OH is 1. The van der Waals surface area contributed by atoms with Crippen LogP contribution in [-0.2, 0) is 0 Å². The Bertz CT molecular complexity index is 107. The van der Waals surface area contributed by atoms with E-state index in [1.54, 1.807) is 0 Å². The number of nitrogens with zero attached hydrogens (tertiary/aromatic N) is 1. The average Bonchev–Trinajstić information content (AvgIpc) is 2.29. The molecule has 1 saturated carbocycles. The van der Waals surface area contributed by atoms with Gasteiger partial charge in [0.25, 0.3) is 0 Å². The number of fused-ring (bicyclic) bond motifs is 1. The molecular weight excluding hydrogens is 121 g/mol. The summed E-state index contributed by atoms with van der Waals surface area (Å²) in [6, 6.07) is 0. The van der Waals surface area contributed by atoms with Crippen LogP contribution in [0.15, 0.2) is 0 Å². The van der Waals surface area contributed by atoms with E-state index in [4.69, 9.17) is 5.11 Å². The van der Waals surface area contributed by atoms with Crippen LogP contribution in [0, 0.1) is 11.8 Å². The summed E-state index contributed by atoms with van der Waals surface area (Å²) >= 11 is 0. The molecule has 0 amide bonds. The molecule has 0 spiro atoms. The van der Waals surface area contributed by atoms with Gasteiger partial charge >= 0.3 is 0 Å². The molecule has 1 aliphatic carbocycles. The molecule has 46 valence electrons. The van der Waals surface area contributed by atoms with E-state index in [9.17, 15) is 0 Å². The fourth-order valence-corrected chi connectivity index (χ4v) is 2.01. The second-order valence-corrected chi connectivity index (χ2v) is 3.50. The number of rotatable bonds is 0. The Hall–Kier alpha value is 0.350. The second-order valence-electron chi connectivity index (χ2n) is 2.77. The molecule has 2 fully saturated rings. The zero-order valence-electron chi connectivity index (χ0n) is 4.62. The number of piperidine rings is 1. The molecule has 3 heteroatoms. The lowest BCUT2D eigenvalue weighted by atomic mass is 10.4. The van der Waals surface area contributed by atoms with Crippen molar-refractivity contribution < 1.29 is 5.11 Å². The zero-order chi connectivity index (χ0) is 5.72. The molecule has 1 N–H and O–H groups in total. The van der Waals surface area contributed by atoms with E-state index >= 15 is 0 Å². The third-order valence-corrected chi connectivity index (χ3v) is 2.60. The lowest BCUT2D eigenvalue weighted by Gasteiger charge is -2.08. The van der Waals surface area contributed by atoms with Gasteiger partial charge in [-0.3, -0.25) is 4.67 Å². The van der Waals surface area contributed by atoms with E-state index in [0.717, 1.165) is 13.1 Å². The van der Waals surface area contributed by atoms with Crippen molar-refractivity contribution in [1.82, 2.24) is 4.67 Å². The van der Waals surface area contributed by atoms with Gasteiger partial charge in [0.05, 0.1) is 6.10 Å². The molecule has 0 bridgehead atoms. The third kappa shape index (κ3) is 0.540. The monoisotopic (exact) mass is 131 g/mol. The van der Waals surface area contributed by atoms with Gasteiger partial charge in [0, 0.05) is 24.9 Å². The predicted octanol–water partition coefficient (Wildman–Crippen LogP) is -0.301. The normalized spacial score (nSPS) is 54.0. The van der Waals surface area contributed by atoms with Crippen molar-refractivity contribution in [2.24, 2.45) is 11.8 Å². The molecule has 3 unspecified atom stereocenters. The maximum atomic E-state index is 9.03. The number of hydrogen-bond acceptors (Lipinski definition) is 2. The summed E-state index contributed by atoms with van der Waals surface area (Å²) in [6.07, 6.45) is 0.0480. The highest BCUT2D eigenvalue weighted by Gasteiger charge is 2.54. The summed E-state index contributed by atoms with van der Waals surface area (Å²) < 4.78 is 2.20. The molecule has 2 rings (SSSR count). The van der Waals surface area contributed by atoms with Crippen LogP contribution in [0.2, 0.25) is 0 Å². The highest BCUT2D eigenvalue weighted by atomic mass is 31.0. The van der Waals surface area contributed by atoms with Crippen LogP contribution in [0.1, 0.15) is 0 Å². The summed E-state index contributed by atoms with van der Waals surface area (Å²) in [5.41, 5.74) is 0. The van der Waals surface area contributed by atoms with E-state index < -0.39 is 0 Å². The standard InChI is InChI=1S/C5H10NOP/c7-5-3-1-6(8)2-4(3)5/h3-5,7H,1-2,8H2. The molecule has 0 aromatic carbocycles. The highest BCUT2D eigenvalue weighted by molar-refractivity contribution is 7.13. The molecule has 1 heterocycles. The van der Waals surface area contributed by atoms with Gasteiger partial charge in [0.2, 0.25) is 0 Å². The third-order valence-electron chi connectivity index (χ3n) is 2.18. The van der Waals surface area contributed by atoms with Gasteiger partial charge in [-0.1, -0.05) is 9.39 Å². The lowest BCUT2D eigenvalue weighted by Crippen LogP contribution is -2.14. The van der Waals surface area contributed by atoms with Crippen molar-refractivity contribution in [3.8, 4) is 0 Å². The smallest absolute Gasteiger partial charge is 0.0629 e. The van der Waals surface area contributed by atoms with Gasteiger partial charge < -0.3 is 5.11 Å². The van der Waals surface area contributed by atoms with Crippen LogP contribution in [0.4, 0.5) is 0 Å². The minimum Gasteiger partial charge on any atom is -0.392 e. The zero-order valence-corrected chi connectivity index (χ0v) is 5.77. The summed E-state index contributed by atoms with van der Waals surface area (Å²) in [4.78, 5) is 0. The van der Waals surface area contributed by atoms with Gasteiger partial charge in [0.15, 0.2) is 0 Å². The van der Waals surface area contributed by atoms with Crippen LogP contribution in [0.3, 0.4) is 0 Å². The molecule has 2 nitrogen and oxygen atoms in total. The fourth-order valence-electron chi connectivity index (χ4n) is 1.53. The Kier molecular flexibility index (Phi) is 0.928. The Balaban J connectivity index is 2.00. The molecule has 2 aliphatic rings. The first-order chi connectivity index (χ1) is 3.79. The Morgan fingerprint density at radius 3 is 2.25 bits per heavy atom. The van der Waals surface area contributed by atoms with E-state index in [1.165, 1.54) is 0 Å². The van der Waals surface area contributed by atoms with Crippen LogP contribution >= 0.6 is 9.39 Å². The Morgan fingerprint density at radius 1 is 1.38 bits per heavy atom. The van der Waals surface area contributed by atoms with Gasteiger partial charge in [-0.15, -0.1) is 0 Å². The van der Waals surface area contributed by atoms with E-state index in [0.29, 0.717) is 11.8 Å². The number of aliphatic hydroxyl groups is 1. The summed E-state index contributed by atoms with van der Waals surface area (Å²) in [6.45, 7) is 2.16. The van der Waals surface area contributed by atoms with Crippen LogP contribution in [-0.4, -0.2) is 29.0 Å². The van der Waals surface area contributed by atoms with Crippen molar-refractivity contribution in [1.29, 1.82) is 0 Å². The molecule has 1 saturated heterocycles. The molecule has 3 atom stereocenters. The maximum Gasteiger partial charge on any atom is 0.0629 e. The highest BCUT2D eigenvalue weighted by Crippen LogP contribution is 2.46. The second kappa shape index (κ2) is 1.44. The van der Waals surface area contributed by atoms with Crippen LogP contribution in [0.5, 0.6) is 0 Å². The minimum absolute atomic E-state index is 0.0480. The van der Waals surface area contributed by atoms with Crippen molar-refractivity contribution in [3.63, 3.8) is 0 Å². The first kappa shape index (κ1) is 5.16. The van der Waals surface area contributed by atoms with E-state index in [1.807, 2.05) is 0 Å². The molecule has 8 heavy (non-hydrogen) atoms. The van der Waals surface area contributed by atoms with Crippen LogP contribution < -0.4 is 0 Å². The van der Waals surface area contributed by atoms with Crippen molar-refractivity contribution in [2.75, 3.05) is 13.1 Å². The fraction of sp³-hybridized carbons (Fsp3) is 1.00. The summed E-state index contributed by atoms with van der Waals surface area (Å²) in [5, 5.41) is 9.03. The SMILES string of the molecule is OC1C2CN(P)CC12. The Labute approximate surface area is 51.1 Å². The predicted molar refractivity (Wildman–Crippen MR) is 34.3 cm³/mol. The molecule has 0 radical (unpaired) electrons. The van der Waals surface area contributed by atoms with Crippen LogP contribution in [0.25, 0.3) is 0 Å². The average molecular weight is 131 g/mol. The molecule has 0 aromatic rings. The van der Waals surface area contributed by atoms with Crippen molar-refractivity contribution in [2.45, 2.75) is 6.10 Å². The van der Waals surface area contributed by atoms with Crippen molar-refractivity contribution in [3.05, 3.63) is 0 Å². The van der Waals surface area contributed by atoms with E-state index in [-0.39, 0.29) is 6.10 Å². The molecule has 0 aromatic heterocycles. The molecular formula is C5H10NOP. The number of hydrogen-bond donors (Lipinski definition) is 1. The molecule has 1 aliphatic heterocycles. The largest absolute Gasteiger partial charge is 0.392 e. The van der Waals surface area contributed by atoms with Gasteiger partial charge in [-0.05, 0) is 0 Å². The van der Waals surface area contributed by atoms with Crippen molar-refractivity contribution >= 4 is 9.39 Å². The first-order valence-corrected chi connectivity index (χ1v) is 3.48. The topological polar surface area (TPSA) is 23.5 Å². The first-order valence-electron chi connectivity index (χ1n) is 2.97. The lowest BCUT2D eigenvalue weighted by molar-refractivity contribution is 0.222.